The fourth-order valence-corrected chi connectivity index (χ4v) is 5.74. The molecule has 12 heteroatoms. The molecule has 2 aromatic heterocycles. The fraction of sp³-hybridized carbons (Fsp3) is 0.273. The molecule has 1 saturated heterocycles. The summed E-state index contributed by atoms with van der Waals surface area (Å²) in [6.07, 6.45) is 5.03. The number of carbonyl (C=O) groups excluding carboxylic acids is 1. The first-order valence-electron chi connectivity index (χ1n) is 10.4. The Morgan fingerprint density at radius 1 is 1.32 bits per heavy atom. The van der Waals surface area contributed by atoms with E-state index in [0.29, 0.717) is 21.4 Å². The van der Waals surface area contributed by atoms with Gasteiger partial charge in [0.2, 0.25) is 15.9 Å². The summed E-state index contributed by atoms with van der Waals surface area (Å²) in [6, 6.07) is 6.97. The minimum absolute atomic E-state index is 0.105. The first-order valence-corrected chi connectivity index (χ1v) is 13.1. The zero-order valence-electron chi connectivity index (χ0n) is 18.5. The number of hydrogen-bond donors (Lipinski definition) is 1. The maximum Gasteiger partial charge on any atom is 0.245 e. The highest BCUT2D eigenvalue weighted by Gasteiger charge is 2.36. The molecule has 3 aromatic rings. The monoisotopic (exact) mass is 523 g/mol. The van der Waals surface area contributed by atoms with E-state index in [-0.39, 0.29) is 18.7 Å². The summed E-state index contributed by atoms with van der Waals surface area (Å²) in [5.74, 6) is -0.325. The van der Waals surface area contributed by atoms with Crippen molar-refractivity contribution in [3.05, 3.63) is 69.0 Å². The van der Waals surface area contributed by atoms with Crippen LogP contribution < -0.4 is 9.62 Å². The molecule has 0 bridgehead atoms. The highest BCUT2D eigenvalue weighted by molar-refractivity contribution is 7.92. The number of nitrogens with one attached hydrogen (secondary N) is 1. The number of hydrogen-bond acceptors (Lipinski definition) is 6. The van der Waals surface area contributed by atoms with E-state index in [1.165, 1.54) is 34.4 Å². The number of halogens is 2. The standard InChI is InChI=1S/C22H23ClFN5O3S2/c1-27(2)14-21-25-9-11-28(21)15-3-5-19(17(24)13-15)29-10-7-18(22(29)30)26-34(31,32)12-8-16-4-6-20(23)33-16/h3-6,8-9,11-13,18,26H,7,10,14H2,1-2H3/t18-/m0/s1. The predicted molar refractivity (Wildman–Crippen MR) is 132 cm³/mol. The van der Waals surface area contributed by atoms with Gasteiger partial charge in [0, 0.05) is 41.0 Å². The third-order valence-electron chi connectivity index (χ3n) is 5.19. The van der Waals surface area contributed by atoms with Crippen molar-refractivity contribution >= 4 is 50.6 Å². The number of anilines is 1. The van der Waals surface area contributed by atoms with Crippen molar-refractivity contribution < 1.29 is 17.6 Å². The molecule has 0 radical (unpaired) electrons. The second-order valence-electron chi connectivity index (χ2n) is 8.03. The van der Waals surface area contributed by atoms with Gasteiger partial charge in [-0.1, -0.05) is 11.6 Å². The van der Waals surface area contributed by atoms with Gasteiger partial charge in [-0.05, 0) is 50.9 Å². The van der Waals surface area contributed by atoms with Crippen LogP contribution in [0.5, 0.6) is 0 Å². The van der Waals surface area contributed by atoms with Crippen LogP contribution in [0, 0.1) is 5.82 Å². The number of nitrogens with zero attached hydrogens (tertiary/aromatic N) is 4. The van der Waals surface area contributed by atoms with Crippen LogP contribution in [-0.4, -0.2) is 55.5 Å². The van der Waals surface area contributed by atoms with Gasteiger partial charge < -0.3 is 14.4 Å². The SMILES string of the molecule is CN(C)Cc1nccn1-c1ccc(N2CC[C@H](NS(=O)(=O)C=Cc3ccc(Cl)s3)C2=O)c(F)c1. The Kier molecular flexibility index (Phi) is 7.20. The Morgan fingerprint density at radius 2 is 2.12 bits per heavy atom. The van der Waals surface area contributed by atoms with Gasteiger partial charge in [-0.3, -0.25) is 4.79 Å². The Bertz CT molecular complexity index is 1340. The molecule has 4 rings (SSSR count). The maximum absolute atomic E-state index is 15.0. The molecule has 1 aliphatic rings. The maximum atomic E-state index is 15.0. The molecule has 0 saturated carbocycles. The average molecular weight is 524 g/mol. The smallest absolute Gasteiger partial charge is 0.245 e. The van der Waals surface area contributed by atoms with Gasteiger partial charge in [-0.15, -0.1) is 11.3 Å². The van der Waals surface area contributed by atoms with Crippen LogP contribution in [0.25, 0.3) is 11.8 Å². The summed E-state index contributed by atoms with van der Waals surface area (Å²) >= 11 is 7.09. The molecule has 1 N–H and O–H groups in total. The molecule has 1 amide bonds. The number of aromatic nitrogens is 2. The summed E-state index contributed by atoms with van der Waals surface area (Å²) < 4.78 is 44.6. The molecule has 8 nitrogen and oxygen atoms in total. The number of imidazole rings is 1. The second-order valence-corrected chi connectivity index (χ2v) is 11.4. The lowest BCUT2D eigenvalue weighted by molar-refractivity contribution is -0.118. The van der Waals surface area contributed by atoms with Crippen LogP contribution in [-0.2, 0) is 21.4 Å². The summed E-state index contributed by atoms with van der Waals surface area (Å²) in [6.45, 7) is 0.778. The molecule has 0 unspecified atom stereocenters. The minimum Gasteiger partial charge on any atom is -0.308 e. The first kappa shape index (κ1) is 24.6. The summed E-state index contributed by atoms with van der Waals surface area (Å²) in [7, 11) is -0.0430. The molecule has 1 aliphatic heterocycles. The van der Waals surface area contributed by atoms with E-state index >= 15 is 4.39 Å². The van der Waals surface area contributed by atoms with Gasteiger partial charge in [-0.25, -0.2) is 17.8 Å². The lowest BCUT2D eigenvalue weighted by Crippen LogP contribution is -2.40. The van der Waals surface area contributed by atoms with Crippen molar-refractivity contribution in [1.29, 1.82) is 0 Å². The van der Waals surface area contributed by atoms with Gasteiger partial charge in [0.25, 0.3) is 0 Å². The third-order valence-corrected chi connectivity index (χ3v) is 7.50. The van der Waals surface area contributed by atoms with E-state index in [2.05, 4.69) is 9.71 Å². The Hall–Kier alpha value is -2.57. The largest absolute Gasteiger partial charge is 0.308 e. The van der Waals surface area contributed by atoms with Gasteiger partial charge in [-0.2, -0.15) is 4.72 Å². The van der Waals surface area contributed by atoms with E-state index < -0.39 is 27.8 Å². The minimum atomic E-state index is -3.88. The van der Waals surface area contributed by atoms with E-state index in [4.69, 9.17) is 11.6 Å². The van der Waals surface area contributed by atoms with Gasteiger partial charge in [0.15, 0.2) is 0 Å². The summed E-state index contributed by atoms with van der Waals surface area (Å²) in [5, 5.41) is 0.997. The van der Waals surface area contributed by atoms with Crippen LogP contribution >= 0.6 is 22.9 Å². The Balaban J connectivity index is 1.47. The van der Waals surface area contributed by atoms with Crippen LogP contribution in [0.15, 0.2) is 48.1 Å². The van der Waals surface area contributed by atoms with E-state index in [9.17, 15) is 13.2 Å². The Labute approximate surface area is 206 Å². The highest BCUT2D eigenvalue weighted by Crippen LogP contribution is 2.28. The lowest BCUT2D eigenvalue weighted by Gasteiger charge is -2.19. The summed E-state index contributed by atoms with van der Waals surface area (Å²) in [4.78, 5) is 21.1. The molecule has 34 heavy (non-hydrogen) atoms. The van der Waals surface area contributed by atoms with E-state index in [1.807, 2.05) is 19.0 Å². The first-order chi connectivity index (χ1) is 16.1. The van der Waals surface area contributed by atoms with Crippen molar-refractivity contribution in [1.82, 2.24) is 19.2 Å². The molecular weight excluding hydrogens is 501 g/mol. The number of rotatable bonds is 8. The molecule has 180 valence electrons. The van der Waals surface area contributed by atoms with Gasteiger partial charge in [0.05, 0.1) is 16.6 Å². The van der Waals surface area contributed by atoms with E-state index in [1.54, 1.807) is 35.2 Å². The molecule has 1 fully saturated rings. The van der Waals surface area contributed by atoms with Crippen LogP contribution in [0.3, 0.4) is 0 Å². The molecule has 3 heterocycles. The molecule has 0 spiro atoms. The normalized spacial score (nSPS) is 16.9. The molecular formula is C22H23ClFN5O3S2. The van der Waals surface area contributed by atoms with E-state index in [0.717, 1.165) is 11.2 Å². The van der Waals surface area contributed by atoms with Crippen molar-refractivity contribution in [2.24, 2.45) is 0 Å². The number of amides is 1. The quantitative estimate of drug-likeness (QED) is 0.488. The van der Waals surface area contributed by atoms with Crippen molar-refractivity contribution in [2.75, 3.05) is 25.5 Å². The second kappa shape index (κ2) is 9.96. The molecule has 0 aliphatic carbocycles. The fourth-order valence-electron chi connectivity index (χ4n) is 3.67. The number of sulfonamides is 1. The molecule has 1 aromatic carbocycles. The zero-order valence-corrected chi connectivity index (χ0v) is 20.9. The van der Waals surface area contributed by atoms with Gasteiger partial charge in [0.1, 0.15) is 17.7 Å². The lowest BCUT2D eigenvalue weighted by atomic mass is 10.2. The van der Waals surface area contributed by atoms with Crippen molar-refractivity contribution in [3.8, 4) is 5.69 Å². The zero-order chi connectivity index (χ0) is 24.5. The summed E-state index contributed by atoms with van der Waals surface area (Å²) in [5.41, 5.74) is 0.687. The number of thiophene rings is 1. The number of carbonyl (C=O) groups is 1. The van der Waals surface area contributed by atoms with Crippen molar-refractivity contribution in [3.63, 3.8) is 0 Å². The topological polar surface area (TPSA) is 87.5 Å². The van der Waals surface area contributed by atoms with Crippen LogP contribution in [0.2, 0.25) is 4.34 Å². The van der Waals surface area contributed by atoms with Crippen molar-refractivity contribution in [2.45, 2.75) is 19.0 Å². The van der Waals surface area contributed by atoms with Crippen LogP contribution in [0.1, 0.15) is 17.1 Å². The number of benzene rings is 1. The average Bonchev–Trinajstić information content (AvgIpc) is 3.48. The molecule has 1 atom stereocenters. The van der Waals surface area contributed by atoms with Gasteiger partial charge >= 0.3 is 0 Å². The highest BCUT2D eigenvalue weighted by atomic mass is 35.5. The predicted octanol–water partition coefficient (Wildman–Crippen LogP) is 3.48. The Morgan fingerprint density at radius 3 is 2.79 bits per heavy atom. The van der Waals surface area contributed by atoms with Crippen LogP contribution in [0.4, 0.5) is 10.1 Å². The third kappa shape index (κ3) is 5.56.